The van der Waals surface area contributed by atoms with E-state index in [1.807, 2.05) is 0 Å². The SMILES string of the molecule is COCCOCCNC(=O)c1ccc(NN)nn1. The number of methoxy groups -OCH3 is 1. The molecule has 0 radical (unpaired) electrons. The predicted octanol–water partition coefficient (Wildman–Crippen LogP) is -0.845. The number of rotatable bonds is 8. The summed E-state index contributed by atoms with van der Waals surface area (Å²) >= 11 is 0. The quantitative estimate of drug-likeness (QED) is 0.315. The molecule has 1 amide bonds. The number of ether oxygens (including phenoxy) is 2. The third-order valence-electron chi connectivity index (χ3n) is 2.01. The lowest BCUT2D eigenvalue weighted by Crippen LogP contribution is -2.28. The molecule has 0 unspecified atom stereocenters. The number of nitrogen functional groups attached to an aromatic ring is 1. The molecule has 0 aliphatic carbocycles. The molecule has 8 heteroatoms. The summed E-state index contributed by atoms with van der Waals surface area (Å²) in [4.78, 5) is 11.6. The fraction of sp³-hybridized carbons (Fsp3) is 0.500. The van der Waals surface area contributed by atoms with Gasteiger partial charge in [-0.15, -0.1) is 10.2 Å². The number of nitrogens with one attached hydrogen (secondary N) is 2. The van der Waals surface area contributed by atoms with Crippen LogP contribution in [0.1, 0.15) is 10.5 Å². The Morgan fingerprint density at radius 3 is 2.78 bits per heavy atom. The molecule has 8 nitrogen and oxygen atoms in total. The number of hydrazine groups is 1. The first-order valence-electron chi connectivity index (χ1n) is 5.43. The van der Waals surface area contributed by atoms with Crippen LogP contribution in [0.4, 0.5) is 5.82 Å². The van der Waals surface area contributed by atoms with Crippen molar-refractivity contribution in [3.05, 3.63) is 17.8 Å². The Morgan fingerprint density at radius 1 is 1.33 bits per heavy atom. The summed E-state index contributed by atoms with van der Waals surface area (Å²) < 4.78 is 10.0. The number of carbonyl (C=O) groups is 1. The highest BCUT2D eigenvalue weighted by Crippen LogP contribution is 1.99. The van der Waals surface area contributed by atoms with Crippen molar-refractivity contribution in [2.24, 2.45) is 5.84 Å². The van der Waals surface area contributed by atoms with Gasteiger partial charge in [-0.2, -0.15) is 0 Å². The minimum Gasteiger partial charge on any atom is -0.382 e. The molecule has 1 aromatic rings. The molecular weight excluding hydrogens is 238 g/mol. The summed E-state index contributed by atoms with van der Waals surface area (Å²) in [5, 5.41) is 10.1. The van der Waals surface area contributed by atoms with E-state index in [2.05, 4.69) is 20.9 Å². The molecule has 0 saturated heterocycles. The molecule has 0 saturated carbocycles. The lowest BCUT2D eigenvalue weighted by Gasteiger charge is -2.05. The van der Waals surface area contributed by atoms with Crippen LogP contribution in [0, 0.1) is 0 Å². The van der Waals surface area contributed by atoms with Gasteiger partial charge in [0.05, 0.1) is 19.8 Å². The number of hydrogen-bond acceptors (Lipinski definition) is 7. The van der Waals surface area contributed by atoms with E-state index in [1.165, 1.54) is 6.07 Å². The topological polar surface area (TPSA) is 111 Å². The van der Waals surface area contributed by atoms with Crippen molar-refractivity contribution in [2.75, 3.05) is 38.9 Å². The van der Waals surface area contributed by atoms with Gasteiger partial charge in [0.2, 0.25) is 0 Å². The van der Waals surface area contributed by atoms with Gasteiger partial charge >= 0.3 is 0 Å². The van der Waals surface area contributed by atoms with E-state index in [0.717, 1.165) is 0 Å². The monoisotopic (exact) mass is 255 g/mol. The molecule has 0 aliphatic rings. The van der Waals surface area contributed by atoms with E-state index in [9.17, 15) is 4.79 Å². The average molecular weight is 255 g/mol. The van der Waals surface area contributed by atoms with Crippen LogP contribution in [0.3, 0.4) is 0 Å². The molecule has 100 valence electrons. The largest absolute Gasteiger partial charge is 0.382 e. The zero-order valence-corrected chi connectivity index (χ0v) is 10.2. The molecule has 1 heterocycles. The standard InChI is InChI=1S/C10H17N5O3/c1-17-6-7-18-5-4-12-10(16)8-2-3-9(13-11)15-14-8/h2-3H,4-7,11H2,1H3,(H,12,16)(H,13,15). The maximum absolute atomic E-state index is 11.6. The number of carbonyl (C=O) groups excluding carboxylic acids is 1. The fourth-order valence-corrected chi connectivity index (χ4v) is 1.10. The van der Waals surface area contributed by atoms with E-state index < -0.39 is 0 Å². The van der Waals surface area contributed by atoms with Gasteiger partial charge in [0.25, 0.3) is 5.91 Å². The molecule has 1 aromatic heterocycles. The van der Waals surface area contributed by atoms with Crippen molar-refractivity contribution in [2.45, 2.75) is 0 Å². The molecule has 0 atom stereocenters. The predicted molar refractivity (Wildman–Crippen MR) is 64.9 cm³/mol. The number of nitrogens with two attached hydrogens (primary N) is 1. The number of aromatic nitrogens is 2. The van der Waals surface area contributed by atoms with Crippen LogP contribution >= 0.6 is 0 Å². The number of amides is 1. The summed E-state index contributed by atoms with van der Waals surface area (Å²) in [6.07, 6.45) is 0. The van der Waals surface area contributed by atoms with E-state index in [4.69, 9.17) is 15.3 Å². The number of hydrogen-bond donors (Lipinski definition) is 3. The zero-order valence-electron chi connectivity index (χ0n) is 10.2. The first-order valence-corrected chi connectivity index (χ1v) is 5.43. The van der Waals surface area contributed by atoms with E-state index in [-0.39, 0.29) is 11.6 Å². The molecule has 4 N–H and O–H groups in total. The first-order chi connectivity index (χ1) is 8.77. The van der Waals surface area contributed by atoms with E-state index in [1.54, 1.807) is 13.2 Å². The van der Waals surface area contributed by atoms with Crippen LogP contribution < -0.4 is 16.6 Å². The van der Waals surface area contributed by atoms with Gasteiger partial charge in [-0.3, -0.25) is 4.79 Å². The maximum Gasteiger partial charge on any atom is 0.271 e. The molecule has 18 heavy (non-hydrogen) atoms. The Kier molecular flexibility index (Phi) is 6.62. The van der Waals surface area contributed by atoms with Gasteiger partial charge in [0.15, 0.2) is 11.5 Å². The van der Waals surface area contributed by atoms with Crippen LogP contribution in [0.25, 0.3) is 0 Å². The van der Waals surface area contributed by atoms with Crippen molar-refractivity contribution in [1.82, 2.24) is 15.5 Å². The van der Waals surface area contributed by atoms with Crippen LogP contribution in [-0.2, 0) is 9.47 Å². The van der Waals surface area contributed by atoms with Crippen LogP contribution in [-0.4, -0.2) is 49.6 Å². The van der Waals surface area contributed by atoms with Crippen molar-refractivity contribution < 1.29 is 14.3 Å². The summed E-state index contributed by atoms with van der Waals surface area (Å²) in [7, 11) is 1.60. The highest BCUT2D eigenvalue weighted by molar-refractivity contribution is 5.92. The van der Waals surface area contributed by atoms with Crippen molar-refractivity contribution in [1.29, 1.82) is 0 Å². The highest BCUT2D eigenvalue weighted by atomic mass is 16.5. The van der Waals surface area contributed by atoms with Crippen molar-refractivity contribution in [3.63, 3.8) is 0 Å². The Balaban J connectivity index is 2.23. The van der Waals surface area contributed by atoms with E-state index in [0.29, 0.717) is 32.2 Å². The van der Waals surface area contributed by atoms with Crippen LogP contribution in [0.2, 0.25) is 0 Å². The Bertz CT molecular complexity index is 357. The van der Waals surface area contributed by atoms with Gasteiger partial charge < -0.3 is 20.2 Å². The second kappa shape index (κ2) is 8.34. The smallest absolute Gasteiger partial charge is 0.271 e. The van der Waals surface area contributed by atoms with Crippen molar-refractivity contribution >= 4 is 11.7 Å². The fourth-order valence-electron chi connectivity index (χ4n) is 1.10. The summed E-state index contributed by atoms with van der Waals surface area (Å²) in [5.74, 6) is 5.23. The lowest BCUT2D eigenvalue weighted by atomic mass is 10.3. The third-order valence-corrected chi connectivity index (χ3v) is 2.01. The highest BCUT2D eigenvalue weighted by Gasteiger charge is 2.06. The summed E-state index contributed by atoms with van der Waals surface area (Å²) in [5.41, 5.74) is 2.56. The Hall–Kier alpha value is -1.77. The average Bonchev–Trinajstić information content (AvgIpc) is 2.42. The van der Waals surface area contributed by atoms with E-state index >= 15 is 0 Å². The van der Waals surface area contributed by atoms with Crippen molar-refractivity contribution in [3.8, 4) is 0 Å². The minimum atomic E-state index is -0.304. The molecule has 1 rings (SSSR count). The summed E-state index contributed by atoms with van der Waals surface area (Å²) in [6, 6.07) is 3.10. The van der Waals surface area contributed by atoms with Gasteiger partial charge in [-0.1, -0.05) is 0 Å². The first kappa shape index (κ1) is 14.3. The molecule has 0 aliphatic heterocycles. The van der Waals surface area contributed by atoms with Crippen LogP contribution in [0.5, 0.6) is 0 Å². The Labute approximate surface area is 105 Å². The minimum absolute atomic E-state index is 0.228. The van der Waals surface area contributed by atoms with Gasteiger partial charge in [0, 0.05) is 13.7 Å². The lowest BCUT2D eigenvalue weighted by molar-refractivity contribution is 0.0691. The maximum atomic E-state index is 11.6. The molecular formula is C10H17N5O3. The molecule has 0 spiro atoms. The number of nitrogens with zero attached hydrogens (tertiary/aromatic N) is 2. The molecule has 0 aromatic carbocycles. The van der Waals surface area contributed by atoms with Gasteiger partial charge in [0.1, 0.15) is 0 Å². The third kappa shape index (κ3) is 5.04. The molecule has 0 fully saturated rings. The van der Waals surface area contributed by atoms with Crippen LogP contribution in [0.15, 0.2) is 12.1 Å². The second-order valence-corrected chi connectivity index (χ2v) is 3.31. The zero-order chi connectivity index (χ0) is 13.2. The van der Waals surface area contributed by atoms with Gasteiger partial charge in [-0.05, 0) is 12.1 Å². The second-order valence-electron chi connectivity index (χ2n) is 3.31. The number of anilines is 1. The Morgan fingerprint density at radius 2 is 2.17 bits per heavy atom. The summed E-state index contributed by atoms with van der Waals surface area (Å²) in [6.45, 7) is 1.86. The normalized spacial score (nSPS) is 10.1. The molecule has 0 bridgehead atoms. The van der Waals surface area contributed by atoms with Gasteiger partial charge in [-0.25, -0.2) is 5.84 Å².